The van der Waals surface area contributed by atoms with Gasteiger partial charge in [0, 0.05) is 0 Å². The van der Waals surface area contributed by atoms with Crippen LogP contribution in [0.3, 0.4) is 0 Å². The van der Waals surface area contributed by atoms with Crippen molar-refractivity contribution in [3.8, 4) is 0 Å². The quantitative estimate of drug-likeness (QED) is 0.526. The molecule has 27 heavy (non-hydrogen) atoms. The Morgan fingerprint density at radius 3 is 2.04 bits per heavy atom. The zero-order valence-electron chi connectivity index (χ0n) is 15.4. The lowest BCUT2D eigenvalue weighted by Gasteiger charge is -2.20. The lowest BCUT2D eigenvalue weighted by Crippen LogP contribution is -2.18. The SMILES string of the molecule is C=C(C(=O)OC)C(OC/C(=C\c1ccccc1)C(=O)OC)c1ccccc1. The van der Waals surface area contributed by atoms with E-state index in [9.17, 15) is 9.59 Å². The Morgan fingerprint density at radius 2 is 1.48 bits per heavy atom. The van der Waals surface area contributed by atoms with Gasteiger partial charge in [-0.2, -0.15) is 0 Å². The van der Waals surface area contributed by atoms with Crippen LogP contribution in [0.25, 0.3) is 6.08 Å². The number of carbonyl (C=O) groups excluding carboxylic acids is 2. The highest BCUT2D eigenvalue weighted by molar-refractivity contribution is 5.94. The van der Waals surface area contributed by atoms with E-state index in [4.69, 9.17) is 14.2 Å². The van der Waals surface area contributed by atoms with Crippen molar-refractivity contribution in [1.29, 1.82) is 0 Å². The second kappa shape index (κ2) is 10.1. The van der Waals surface area contributed by atoms with Gasteiger partial charge < -0.3 is 14.2 Å². The molecule has 0 aliphatic carbocycles. The molecule has 140 valence electrons. The second-order valence-electron chi connectivity index (χ2n) is 5.69. The molecule has 2 aromatic rings. The molecular formula is C22H22O5. The number of hydrogen-bond acceptors (Lipinski definition) is 5. The van der Waals surface area contributed by atoms with Crippen molar-refractivity contribution < 1.29 is 23.8 Å². The average molecular weight is 366 g/mol. The van der Waals surface area contributed by atoms with E-state index in [0.717, 1.165) is 11.1 Å². The summed E-state index contributed by atoms with van der Waals surface area (Å²) >= 11 is 0. The van der Waals surface area contributed by atoms with Gasteiger partial charge in [-0.05, 0) is 17.2 Å². The third kappa shape index (κ3) is 5.66. The summed E-state index contributed by atoms with van der Waals surface area (Å²) in [4.78, 5) is 24.1. The van der Waals surface area contributed by atoms with Gasteiger partial charge in [0.2, 0.25) is 0 Å². The molecule has 2 rings (SSSR count). The van der Waals surface area contributed by atoms with Crippen molar-refractivity contribution in [3.05, 3.63) is 89.5 Å². The molecule has 0 aliphatic rings. The molecule has 0 fully saturated rings. The lowest BCUT2D eigenvalue weighted by atomic mass is 10.0. The molecule has 0 saturated carbocycles. The van der Waals surface area contributed by atoms with Gasteiger partial charge in [0.15, 0.2) is 0 Å². The number of methoxy groups -OCH3 is 2. The monoisotopic (exact) mass is 366 g/mol. The number of rotatable bonds is 8. The van der Waals surface area contributed by atoms with Crippen molar-refractivity contribution in [3.63, 3.8) is 0 Å². The van der Waals surface area contributed by atoms with Crippen molar-refractivity contribution in [2.75, 3.05) is 20.8 Å². The van der Waals surface area contributed by atoms with Crippen LogP contribution in [0.2, 0.25) is 0 Å². The predicted molar refractivity (Wildman–Crippen MR) is 103 cm³/mol. The maximum atomic E-state index is 12.1. The molecule has 1 unspecified atom stereocenters. The number of benzene rings is 2. The van der Waals surface area contributed by atoms with Crippen LogP contribution in [0.15, 0.2) is 78.4 Å². The minimum atomic E-state index is -0.748. The molecule has 0 saturated heterocycles. The summed E-state index contributed by atoms with van der Waals surface area (Å²) in [5.41, 5.74) is 2.04. The Labute approximate surface area is 158 Å². The average Bonchev–Trinajstić information content (AvgIpc) is 2.73. The summed E-state index contributed by atoms with van der Waals surface area (Å²) in [6.07, 6.45) is 0.942. The first kappa shape index (κ1) is 20.1. The first-order valence-electron chi connectivity index (χ1n) is 8.34. The smallest absolute Gasteiger partial charge is 0.336 e. The van der Waals surface area contributed by atoms with Crippen molar-refractivity contribution >= 4 is 18.0 Å². The Kier molecular flexibility index (Phi) is 7.52. The van der Waals surface area contributed by atoms with E-state index in [-0.39, 0.29) is 12.2 Å². The van der Waals surface area contributed by atoms with Crippen LogP contribution in [-0.2, 0) is 23.8 Å². The van der Waals surface area contributed by atoms with E-state index in [1.54, 1.807) is 6.08 Å². The van der Waals surface area contributed by atoms with Crippen LogP contribution in [0.4, 0.5) is 0 Å². The molecule has 0 N–H and O–H groups in total. The second-order valence-corrected chi connectivity index (χ2v) is 5.69. The molecule has 2 aromatic carbocycles. The van der Waals surface area contributed by atoms with Gasteiger partial charge in [0.25, 0.3) is 0 Å². The summed E-state index contributed by atoms with van der Waals surface area (Å²) in [7, 11) is 2.59. The molecule has 0 aliphatic heterocycles. The standard InChI is InChI=1S/C22H22O5/c1-16(21(23)25-2)20(18-12-8-5-9-13-18)27-15-19(22(24)26-3)14-17-10-6-4-7-11-17/h4-14,20H,1,15H2,2-3H3/b19-14+. The third-order valence-corrected chi connectivity index (χ3v) is 3.86. The summed E-state index contributed by atoms with van der Waals surface area (Å²) < 4.78 is 15.5. The fourth-order valence-electron chi connectivity index (χ4n) is 2.48. The lowest BCUT2D eigenvalue weighted by molar-refractivity contribution is -0.137. The van der Waals surface area contributed by atoms with Crippen LogP contribution < -0.4 is 0 Å². The summed E-state index contributed by atoms with van der Waals surface area (Å²) in [6, 6.07) is 18.5. The predicted octanol–water partition coefficient (Wildman–Crippen LogP) is 3.73. The zero-order valence-corrected chi connectivity index (χ0v) is 15.4. The Balaban J connectivity index is 2.27. The zero-order chi connectivity index (χ0) is 19.6. The van der Waals surface area contributed by atoms with E-state index in [1.807, 2.05) is 60.7 Å². The minimum Gasteiger partial charge on any atom is -0.466 e. The summed E-state index contributed by atoms with van der Waals surface area (Å²) in [5, 5.41) is 0. The highest BCUT2D eigenvalue weighted by atomic mass is 16.5. The van der Waals surface area contributed by atoms with Crippen molar-refractivity contribution in [2.45, 2.75) is 6.10 Å². The molecule has 5 nitrogen and oxygen atoms in total. The third-order valence-electron chi connectivity index (χ3n) is 3.86. The van der Waals surface area contributed by atoms with Gasteiger partial charge in [0.1, 0.15) is 6.10 Å². The molecule has 1 atom stereocenters. The molecule has 0 radical (unpaired) electrons. The topological polar surface area (TPSA) is 61.8 Å². The fourth-order valence-corrected chi connectivity index (χ4v) is 2.48. The normalized spacial score (nSPS) is 12.1. The van der Waals surface area contributed by atoms with E-state index < -0.39 is 18.0 Å². The van der Waals surface area contributed by atoms with Gasteiger partial charge in [-0.15, -0.1) is 0 Å². The van der Waals surface area contributed by atoms with Crippen LogP contribution in [0.1, 0.15) is 17.2 Å². The van der Waals surface area contributed by atoms with Gasteiger partial charge in [-0.3, -0.25) is 0 Å². The molecule has 0 heterocycles. The summed E-state index contributed by atoms with van der Waals surface area (Å²) in [6.45, 7) is 3.74. The minimum absolute atomic E-state index is 0.0584. The Morgan fingerprint density at radius 1 is 0.926 bits per heavy atom. The fraction of sp³-hybridized carbons (Fsp3) is 0.182. The molecule has 0 aromatic heterocycles. The molecule has 0 bridgehead atoms. The van der Waals surface area contributed by atoms with Crippen LogP contribution in [0, 0.1) is 0 Å². The van der Waals surface area contributed by atoms with E-state index in [0.29, 0.717) is 5.57 Å². The van der Waals surface area contributed by atoms with Gasteiger partial charge >= 0.3 is 11.9 Å². The molecule has 0 spiro atoms. The largest absolute Gasteiger partial charge is 0.466 e. The molecular weight excluding hydrogens is 344 g/mol. The Hall–Kier alpha value is -3.18. The number of carbonyl (C=O) groups is 2. The maximum absolute atomic E-state index is 12.1. The van der Waals surface area contributed by atoms with Gasteiger partial charge in [0.05, 0.1) is 32.0 Å². The number of esters is 2. The van der Waals surface area contributed by atoms with E-state index >= 15 is 0 Å². The maximum Gasteiger partial charge on any atom is 0.336 e. The highest BCUT2D eigenvalue weighted by Crippen LogP contribution is 2.26. The number of hydrogen-bond donors (Lipinski definition) is 0. The van der Waals surface area contributed by atoms with Crippen LogP contribution in [0.5, 0.6) is 0 Å². The van der Waals surface area contributed by atoms with Gasteiger partial charge in [-0.25, -0.2) is 9.59 Å². The van der Waals surface area contributed by atoms with Crippen LogP contribution >= 0.6 is 0 Å². The van der Waals surface area contributed by atoms with Crippen molar-refractivity contribution in [1.82, 2.24) is 0 Å². The first-order chi connectivity index (χ1) is 13.1. The number of ether oxygens (including phenoxy) is 3. The van der Waals surface area contributed by atoms with E-state index in [2.05, 4.69) is 6.58 Å². The van der Waals surface area contributed by atoms with Gasteiger partial charge in [-0.1, -0.05) is 67.2 Å². The Bertz CT molecular complexity index is 809. The highest BCUT2D eigenvalue weighted by Gasteiger charge is 2.24. The van der Waals surface area contributed by atoms with Crippen molar-refractivity contribution in [2.24, 2.45) is 0 Å². The summed E-state index contributed by atoms with van der Waals surface area (Å²) in [5.74, 6) is -1.08. The van der Waals surface area contributed by atoms with Crippen LogP contribution in [-0.4, -0.2) is 32.8 Å². The first-order valence-corrected chi connectivity index (χ1v) is 8.34. The molecule has 5 heteroatoms. The molecule has 0 amide bonds. The van der Waals surface area contributed by atoms with E-state index in [1.165, 1.54) is 14.2 Å².